The van der Waals surface area contributed by atoms with Crippen LogP contribution in [0.15, 0.2) is 84.9 Å². The van der Waals surface area contributed by atoms with Crippen molar-refractivity contribution in [3.05, 3.63) is 113 Å². The zero-order chi connectivity index (χ0) is 21.6. The van der Waals surface area contributed by atoms with Crippen molar-refractivity contribution in [2.24, 2.45) is 0 Å². The third-order valence-electron chi connectivity index (χ3n) is 5.05. The highest BCUT2D eigenvalue weighted by Crippen LogP contribution is 2.23. The molecule has 0 unspecified atom stereocenters. The van der Waals surface area contributed by atoms with Crippen molar-refractivity contribution in [3.63, 3.8) is 0 Å². The van der Waals surface area contributed by atoms with E-state index in [2.05, 4.69) is 15.6 Å². The summed E-state index contributed by atoms with van der Waals surface area (Å²) in [6.07, 6.45) is 0. The molecule has 4 aromatic rings. The lowest BCUT2D eigenvalue weighted by Gasteiger charge is -2.19. The lowest BCUT2D eigenvalue weighted by molar-refractivity contribution is 0.0932. The van der Waals surface area contributed by atoms with Crippen molar-refractivity contribution >= 4 is 5.91 Å². The van der Waals surface area contributed by atoms with Crippen molar-refractivity contribution < 1.29 is 9.53 Å². The maximum atomic E-state index is 13.3. The van der Waals surface area contributed by atoms with Crippen molar-refractivity contribution in [1.29, 1.82) is 0 Å². The third kappa shape index (κ3) is 4.54. The molecule has 0 aliphatic carbocycles. The Morgan fingerprint density at radius 3 is 2.19 bits per heavy atom. The lowest BCUT2D eigenvalue weighted by Crippen LogP contribution is -2.30. The second-order valence-electron chi connectivity index (χ2n) is 7.30. The molecule has 0 atom stereocenters. The molecule has 0 saturated heterocycles. The van der Waals surface area contributed by atoms with E-state index in [1.54, 1.807) is 11.8 Å². The summed E-state index contributed by atoms with van der Waals surface area (Å²) in [6.45, 7) is 2.22. The van der Waals surface area contributed by atoms with Crippen LogP contribution in [0.5, 0.6) is 0 Å². The van der Waals surface area contributed by atoms with Gasteiger partial charge in [0.25, 0.3) is 5.91 Å². The first-order chi connectivity index (χ1) is 15.2. The number of benzene rings is 3. The summed E-state index contributed by atoms with van der Waals surface area (Å²) in [6, 6.07) is 27.3. The number of aryl methyl sites for hydroxylation is 1. The Kier molecular flexibility index (Phi) is 6.19. The summed E-state index contributed by atoms with van der Waals surface area (Å²) >= 11 is 0. The maximum Gasteiger partial charge on any atom is 0.274 e. The van der Waals surface area contributed by atoms with Gasteiger partial charge in [0.1, 0.15) is 5.69 Å². The summed E-state index contributed by atoms with van der Waals surface area (Å²) in [4.78, 5) is 13.3. The molecule has 6 heteroatoms. The Balaban J connectivity index is 1.70. The topological polar surface area (TPSA) is 69.0 Å². The van der Waals surface area contributed by atoms with Crippen molar-refractivity contribution in [2.75, 3.05) is 7.11 Å². The Morgan fingerprint density at radius 1 is 0.968 bits per heavy atom. The lowest BCUT2D eigenvalue weighted by atomic mass is 9.98. The molecule has 1 N–H and O–H groups in total. The number of hydrogen-bond donors (Lipinski definition) is 1. The largest absolute Gasteiger partial charge is 0.378 e. The predicted molar refractivity (Wildman–Crippen MR) is 119 cm³/mol. The van der Waals surface area contributed by atoms with Gasteiger partial charge in [-0.15, -0.1) is 5.10 Å². The van der Waals surface area contributed by atoms with Gasteiger partial charge in [-0.1, -0.05) is 78.0 Å². The molecule has 0 saturated carbocycles. The van der Waals surface area contributed by atoms with E-state index in [1.807, 2.05) is 91.9 Å². The average Bonchev–Trinajstić information content (AvgIpc) is 3.22. The highest BCUT2D eigenvalue weighted by molar-refractivity contribution is 5.94. The van der Waals surface area contributed by atoms with Crippen LogP contribution in [0.4, 0.5) is 0 Å². The molecule has 31 heavy (non-hydrogen) atoms. The highest BCUT2D eigenvalue weighted by atomic mass is 16.5. The van der Waals surface area contributed by atoms with Gasteiger partial charge in [0.05, 0.1) is 18.3 Å². The van der Waals surface area contributed by atoms with Gasteiger partial charge in [-0.2, -0.15) is 0 Å². The van der Waals surface area contributed by atoms with E-state index in [-0.39, 0.29) is 24.2 Å². The van der Waals surface area contributed by atoms with Gasteiger partial charge in [-0.3, -0.25) is 4.79 Å². The van der Waals surface area contributed by atoms with E-state index >= 15 is 0 Å². The fourth-order valence-corrected chi connectivity index (χ4v) is 3.56. The molecule has 0 spiro atoms. The molecular formula is C25H24N4O2. The molecular weight excluding hydrogens is 388 g/mol. The molecule has 156 valence electrons. The van der Waals surface area contributed by atoms with Gasteiger partial charge >= 0.3 is 0 Å². The van der Waals surface area contributed by atoms with Crippen LogP contribution in [0.3, 0.4) is 0 Å². The van der Waals surface area contributed by atoms with Crippen LogP contribution >= 0.6 is 0 Å². The summed E-state index contributed by atoms with van der Waals surface area (Å²) in [7, 11) is 1.59. The molecule has 0 aliphatic rings. The molecule has 1 amide bonds. The van der Waals surface area contributed by atoms with Crippen LogP contribution in [-0.2, 0) is 11.3 Å². The Hall–Kier alpha value is -3.77. The smallest absolute Gasteiger partial charge is 0.274 e. The van der Waals surface area contributed by atoms with E-state index in [0.717, 1.165) is 22.4 Å². The molecule has 0 fully saturated rings. The number of amides is 1. The minimum Gasteiger partial charge on any atom is -0.378 e. The molecule has 0 bridgehead atoms. The standard InChI is InChI=1S/C25H24N4O2/c1-18-10-9-15-21(16-18)29-22(17-31-2)24(27-28-29)25(30)26-23(19-11-5-3-6-12-19)20-13-7-4-8-14-20/h3-16,23H,17H2,1-2H3,(H,26,30). The van der Waals surface area contributed by atoms with E-state index in [9.17, 15) is 4.79 Å². The molecule has 0 aliphatic heterocycles. The number of nitrogens with zero attached hydrogens (tertiary/aromatic N) is 3. The fourth-order valence-electron chi connectivity index (χ4n) is 3.56. The summed E-state index contributed by atoms with van der Waals surface area (Å²) in [5.74, 6) is -0.302. The second-order valence-corrected chi connectivity index (χ2v) is 7.30. The quantitative estimate of drug-likeness (QED) is 0.493. The number of hydrogen-bond acceptors (Lipinski definition) is 4. The first kappa shape index (κ1) is 20.5. The normalized spacial score (nSPS) is 10.9. The summed E-state index contributed by atoms with van der Waals surface area (Å²) in [5.41, 5.74) is 4.75. The van der Waals surface area contributed by atoms with Gasteiger partial charge in [-0.05, 0) is 35.7 Å². The van der Waals surface area contributed by atoms with Crippen molar-refractivity contribution in [3.8, 4) is 5.69 Å². The van der Waals surface area contributed by atoms with Crippen LogP contribution in [0.2, 0.25) is 0 Å². The monoisotopic (exact) mass is 412 g/mol. The zero-order valence-corrected chi connectivity index (χ0v) is 17.5. The van der Waals surface area contributed by atoms with Crippen molar-refractivity contribution in [2.45, 2.75) is 19.6 Å². The van der Waals surface area contributed by atoms with Gasteiger partial charge < -0.3 is 10.1 Å². The second kappa shape index (κ2) is 9.36. The molecule has 3 aromatic carbocycles. The zero-order valence-electron chi connectivity index (χ0n) is 17.5. The Bertz CT molecular complexity index is 1120. The fraction of sp³-hybridized carbons (Fsp3) is 0.160. The molecule has 1 aromatic heterocycles. The summed E-state index contributed by atoms with van der Waals surface area (Å²) in [5, 5.41) is 11.6. The van der Waals surface area contributed by atoms with E-state index < -0.39 is 0 Å². The molecule has 4 rings (SSSR count). The van der Waals surface area contributed by atoms with Crippen LogP contribution < -0.4 is 5.32 Å². The number of aromatic nitrogens is 3. The van der Waals surface area contributed by atoms with Crippen LogP contribution in [0, 0.1) is 6.92 Å². The molecule has 0 radical (unpaired) electrons. The number of ether oxygens (including phenoxy) is 1. The SMILES string of the molecule is COCc1c(C(=O)NC(c2ccccc2)c2ccccc2)nnn1-c1cccc(C)c1. The number of rotatable bonds is 7. The number of methoxy groups -OCH3 is 1. The van der Waals surface area contributed by atoms with Gasteiger partial charge in [0.2, 0.25) is 0 Å². The van der Waals surface area contributed by atoms with E-state index in [0.29, 0.717) is 5.69 Å². The minimum atomic E-state index is -0.311. The van der Waals surface area contributed by atoms with Crippen LogP contribution in [0.25, 0.3) is 5.69 Å². The van der Waals surface area contributed by atoms with Gasteiger partial charge in [0.15, 0.2) is 5.69 Å². The number of carbonyl (C=O) groups is 1. The first-order valence-electron chi connectivity index (χ1n) is 10.1. The first-order valence-corrected chi connectivity index (χ1v) is 10.1. The third-order valence-corrected chi connectivity index (χ3v) is 5.05. The van der Waals surface area contributed by atoms with Crippen molar-refractivity contribution in [1.82, 2.24) is 20.3 Å². The minimum absolute atomic E-state index is 0.213. The maximum absolute atomic E-state index is 13.3. The Morgan fingerprint density at radius 2 is 1.61 bits per heavy atom. The van der Waals surface area contributed by atoms with E-state index in [4.69, 9.17) is 4.74 Å². The molecule has 1 heterocycles. The van der Waals surface area contributed by atoms with Crippen LogP contribution in [0.1, 0.15) is 38.9 Å². The predicted octanol–water partition coefficient (Wildman–Crippen LogP) is 4.24. The Labute approximate surface area is 181 Å². The number of nitrogens with one attached hydrogen (secondary N) is 1. The average molecular weight is 412 g/mol. The molecule has 6 nitrogen and oxygen atoms in total. The van der Waals surface area contributed by atoms with Gasteiger partial charge in [0, 0.05) is 7.11 Å². The van der Waals surface area contributed by atoms with Gasteiger partial charge in [-0.25, -0.2) is 4.68 Å². The summed E-state index contributed by atoms with van der Waals surface area (Å²) < 4.78 is 7.02. The van der Waals surface area contributed by atoms with E-state index in [1.165, 1.54) is 0 Å². The highest BCUT2D eigenvalue weighted by Gasteiger charge is 2.24. The van der Waals surface area contributed by atoms with Crippen LogP contribution in [-0.4, -0.2) is 28.0 Å². The number of carbonyl (C=O) groups excluding carboxylic acids is 1.